The number of hydrogen-bond donors (Lipinski definition) is 0. The fourth-order valence-corrected chi connectivity index (χ4v) is 19.0. The molecule has 0 aliphatic heterocycles. The third-order valence-electron chi connectivity index (χ3n) is 21.7. The lowest BCUT2D eigenvalue weighted by molar-refractivity contribution is -0.00530. The van der Waals surface area contributed by atoms with Gasteiger partial charge in [0.05, 0.1) is 0 Å². The van der Waals surface area contributed by atoms with Crippen LogP contribution in [0, 0.1) is 35.5 Å². The van der Waals surface area contributed by atoms with Gasteiger partial charge in [0.2, 0.25) is 0 Å². The molecule has 2 nitrogen and oxygen atoms in total. The van der Waals surface area contributed by atoms with Crippen molar-refractivity contribution in [3.8, 4) is 22.3 Å². The Morgan fingerprint density at radius 1 is 0.351 bits per heavy atom. The van der Waals surface area contributed by atoms with Crippen LogP contribution in [0.2, 0.25) is 0 Å². The number of para-hydroxylation sites is 1. The Balaban J connectivity index is 0.777. The van der Waals surface area contributed by atoms with Crippen molar-refractivity contribution in [1.29, 1.82) is 0 Å². The molecule has 8 aromatic rings. The van der Waals surface area contributed by atoms with E-state index in [0.717, 1.165) is 61.2 Å². The van der Waals surface area contributed by atoms with Crippen LogP contribution >= 0.6 is 0 Å². The van der Waals surface area contributed by atoms with E-state index in [9.17, 15) is 0 Å². The molecule has 0 aromatic heterocycles. The van der Waals surface area contributed by atoms with Crippen LogP contribution in [0.3, 0.4) is 0 Å². The summed E-state index contributed by atoms with van der Waals surface area (Å²) in [6.45, 7) is 4.89. The normalized spacial score (nSPS) is 27.5. The highest BCUT2D eigenvalue weighted by molar-refractivity contribution is 5.94. The van der Waals surface area contributed by atoms with Gasteiger partial charge >= 0.3 is 0 Å². The summed E-state index contributed by atoms with van der Waals surface area (Å²) in [5, 5.41) is 0. The first-order chi connectivity index (χ1) is 37.7. The molecule has 8 aromatic carbocycles. The molecule has 13 aliphatic carbocycles. The van der Waals surface area contributed by atoms with E-state index in [4.69, 9.17) is 0 Å². The van der Waals surface area contributed by atoms with E-state index in [1.807, 2.05) is 0 Å². The second-order valence-electron chi connectivity index (χ2n) is 26.9. The van der Waals surface area contributed by atoms with Crippen LogP contribution in [-0.2, 0) is 41.9 Å². The zero-order valence-electron chi connectivity index (χ0n) is 45.5. The number of rotatable bonds is 9. The van der Waals surface area contributed by atoms with Crippen LogP contribution in [0.4, 0.5) is 34.1 Å². The van der Waals surface area contributed by atoms with Crippen molar-refractivity contribution in [3.05, 3.63) is 226 Å². The number of nitrogens with zero attached hydrogens (tertiary/aromatic N) is 2. The zero-order valence-corrected chi connectivity index (χ0v) is 45.5. The molecule has 2 heteroatoms. The molecule has 77 heavy (non-hydrogen) atoms. The minimum Gasteiger partial charge on any atom is -0.310 e. The van der Waals surface area contributed by atoms with Gasteiger partial charge in [0, 0.05) is 39.5 Å². The van der Waals surface area contributed by atoms with Gasteiger partial charge in [0.15, 0.2) is 0 Å². The van der Waals surface area contributed by atoms with Crippen molar-refractivity contribution in [1.82, 2.24) is 0 Å². The Morgan fingerprint density at radius 3 is 1.29 bits per heavy atom. The topological polar surface area (TPSA) is 6.48 Å². The number of aryl methyl sites for hydroxylation is 4. The first-order valence-electron chi connectivity index (χ1n) is 30.1. The van der Waals surface area contributed by atoms with Crippen LogP contribution in [-0.4, -0.2) is 0 Å². The largest absolute Gasteiger partial charge is 0.310 e. The number of fused-ring (bicyclic) bond motifs is 3. The van der Waals surface area contributed by atoms with E-state index < -0.39 is 0 Å². The molecule has 0 amide bonds. The van der Waals surface area contributed by atoms with E-state index in [1.54, 1.807) is 11.1 Å². The molecule has 0 N–H and O–H groups in total. The monoisotopic (exact) mass is 1000 g/mol. The summed E-state index contributed by atoms with van der Waals surface area (Å²) < 4.78 is 0. The first kappa shape index (κ1) is 46.5. The summed E-state index contributed by atoms with van der Waals surface area (Å²) in [6, 6.07) is 71.8. The molecule has 13 aliphatic rings. The average molecular weight is 1000 g/mol. The summed E-state index contributed by atoms with van der Waals surface area (Å²) in [5.74, 6) is 5.59. The lowest BCUT2D eigenvalue weighted by atomic mass is 9.48. The SMILES string of the molecule is CC1(C)c2cc(N(c3ccc(C45CC6CC(CC(C6)C4)C5)cc3)c3cc4ccc3CCc3ccc(c(N(c5ccccc5)c5ccc(C67CC8CC(CC(C8)C6)C7)cc5)c3)CC4)ccc2-c2c(-c3ccccc3)cccc21. The lowest BCUT2D eigenvalue weighted by Crippen LogP contribution is -2.48. The van der Waals surface area contributed by atoms with Gasteiger partial charge in [-0.3, -0.25) is 0 Å². The zero-order chi connectivity index (χ0) is 51.0. The number of anilines is 6. The van der Waals surface area contributed by atoms with Gasteiger partial charge in [-0.15, -0.1) is 0 Å². The van der Waals surface area contributed by atoms with Gasteiger partial charge in [-0.05, 0) is 276 Å². The Hall–Kier alpha value is -6.64. The molecule has 21 rings (SSSR count). The van der Waals surface area contributed by atoms with Gasteiger partial charge in [0.25, 0.3) is 0 Å². The molecule has 0 atom stereocenters. The predicted molar refractivity (Wildman–Crippen MR) is 320 cm³/mol. The van der Waals surface area contributed by atoms with Crippen molar-refractivity contribution in [2.24, 2.45) is 35.5 Å². The summed E-state index contributed by atoms with van der Waals surface area (Å²) in [7, 11) is 0. The average Bonchev–Trinajstić information content (AvgIpc) is 3.98. The van der Waals surface area contributed by atoms with E-state index in [1.165, 1.54) is 167 Å². The van der Waals surface area contributed by atoms with Crippen LogP contribution in [0.5, 0.6) is 0 Å². The number of benzene rings is 8. The number of hydrogen-bond acceptors (Lipinski definition) is 2. The molecular weight excluding hydrogens is 929 g/mol. The summed E-state index contributed by atoms with van der Waals surface area (Å²) in [6.07, 6.45) is 21.1. The predicted octanol–water partition coefficient (Wildman–Crippen LogP) is 19.4. The standard InChI is InChI=1S/C75H74N2/c1-73(2)68-15-9-14-66(57-10-5-3-6-11-57)72(68)67-33-32-65(42-69(67)73)77(64-30-26-61(27-31-64)75-46-54-37-55(47-75)39-56(38-54)48-75)71-41-50-17-21-58-20-16-49(18-22-59(71)23-19-50)40-70(58)76(62-12-7-4-8-13-62)63-28-24-60(25-29-63)74-43-51-34-52(44-74)36-53(35-51)45-74/h3-16,19-20,23-33,40-42,51-56H,17-18,21-22,34-39,43-48H2,1-2H3. The van der Waals surface area contributed by atoms with Crippen molar-refractivity contribution < 1.29 is 0 Å². The van der Waals surface area contributed by atoms with Crippen LogP contribution in [0.15, 0.2) is 182 Å². The fraction of sp³-hybridized carbons (Fsp3) is 0.360. The highest BCUT2D eigenvalue weighted by atomic mass is 15.2. The second-order valence-corrected chi connectivity index (χ2v) is 26.9. The molecule has 8 saturated carbocycles. The molecule has 0 spiro atoms. The summed E-state index contributed by atoms with van der Waals surface area (Å²) in [5.41, 5.74) is 25.2. The Morgan fingerprint density at radius 2 is 0.792 bits per heavy atom. The molecule has 0 radical (unpaired) electrons. The highest BCUT2D eigenvalue weighted by Crippen LogP contribution is 2.63. The van der Waals surface area contributed by atoms with Gasteiger partial charge in [-0.1, -0.05) is 135 Å². The summed E-state index contributed by atoms with van der Waals surface area (Å²) >= 11 is 0. The maximum Gasteiger partial charge on any atom is 0.0496 e. The molecule has 12 bridgehead atoms. The Labute approximate surface area is 458 Å². The maximum absolute atomic E-state index is 2.66. The van der Waals surface area contributed by atoms with Gasteiger partial charge < -0.3 is 9.80 Å². The van der Waals surface area contributed by atoms with Crippen molar-refractivity contribution in [3.63, 3.8) is 0 Å². The molecular formula is C75H74N2. The molecule has 0 saturated heterocycles. The van der Waals surface area contributed by atoms with Crippen LogP contribution < -0.4 is 9.80 Å². The second kappa shape index (κ2) is 17.7. The molecule has 0 heterocycles. The Kier molecular flexibility index (Phi) is 10.7. The van der Waals surface area contributed by atoms with Crippen LogP contribution in [0.1, 0.15) is 135 Å². The van der Waals surface area contributed by atoms with Gasteiger partial charge in [-0.2, -0.15) is 0 Å². The lowest BCUT2D eigenvalue weighted by Gasteiger charge is -2.57. The third kappa shape index (κ3) is 7.69. The minimum atomic E-state index is -0.158. The third-order valence-corrected chi connectivity index (χ3v) is 21.7. The maximum atomic E-state index is 2.66. The quantitative estimate of drug-likeness (QED) is 0.142. The first-order valence-corrected chi connectivity index (χ1v) is 30.1. The Bertz CT molecular complexity index is 3490. The van der Waals surface area contributed by atoms with E-state index >= 15 is 0 Å². The van der Waals surface area contributed by atoms with Crippen molar-refractivity contribution in [2.45, 2.75) is 133 Å². The van der Waals surface area contributed by atoms with Crippen molar-refractivity contribution in [2.75, 3.05) is 9.80 Å². The molecule has 8 fully saturated rings. The van der Waals surface area contributed by atoms with E-state index in [-0.39, 0.29) is 5.41 Å². The van der Waals surface area contributed by atoms with Gasteiger partial charge in [-0.25, -0.2) is 0 Å². The molecule has 384 valence electrons. The van der Waals surface area contributed by atoms with Crippen LogP contribution in [0.25, 0.3) is 22.3 Å². The fourth-order valence-electron chi connectivity index (χ4n) is 19.0. The van der Waals surface area contributed by atoms with Gasteiger partial charge in [0.1, 0.15) is 0 Å². The smallest absolute Gasteiger partial charge is 0.0496 e. The van der Waals surface area contributed by atoms with E-state index in [2.05, 4.69) is 206 Å². The molecule has 0 unspecified atom stereocenters. The van der Waals surface area contributed by atoms with E-state index in [0.29, 0.717) is 10.8 Å². The minimum absolute atomic E-state index is 0.158. The van der Waals surface area contributed by atoms with Crippen molar-refractivity contribution >= 4 is 34.1 Å². The highest BCUT2D eigenvalue weighted by Gasteiger charge is 2.53. The summed E-state index contributed by atoms with van der Waals surface area (Å²) in [4.78, 5) is 5.23.